The summed E-state index contributed by atoms with van der Waals surface area (Å²) in [6.45, 7) is 5.26. The summed E-state index contributed by atoms with van der Waals surface area (Å²) in [4.78, 5) is 20.7. The monoisotopic (exact) mass is 178 g/mol. The Balaban J connectivity index is 4.13. The minimum Gasteiger partial charge on any atom is -0.280 e. The number of rotatable bonds is 1. The van der Waals surface area contributed by atoms with Crippen LogP contribution in [0.4, 0.5) is 4.79 Å². The molecule has 0 saturated carbocycles. The van der Waals surface area contributed by atoms with Crippen molar-refractivity contribution in [2.45, 2.75) is 26.3 Å². The van der Waals surface area contributed by atoms with Gasteiger partial charge in [0.05, 0.1) is 5.54 Å². The first-order valence-corrected chi connectivity index (χ1v) is 3.43. The lowest BCUT2D eigenvalue weighted by atomic mass is 10.1. The van der Waals surface area contributed by atoms with Crippen LogP contribution in [-0.2, 0) is 4.79 Å². The molecule has 0 unspecified atom stereocenters. The molecular formula is C6H11ClN2O2. The fraction of sp³-hybridized carbons (Fsp3) is 0.667. The van der Waals surface area contributed by atoms with Crippen LogP contribution < -0.4 is 5.32 Å². The van der Waals surface area contributed by atoms with Gasteiger partial charge in [0, 0.05) is 11.8 Å². The van der Waals surface area contributed by atoms with Crippen LogP contribution in [0.25, 0.3) is 0 Å². The third-order valence-electron chi connectivity index (χ3n) is 0.950. The molecule has 0 heterocycles. The Labute approximate surface area is 70.6 Å². The molecule has 3 amide bonds. The van der Waals surface area contributed by atoms with Crippen molar-refractivity contribution < 1.29 is 9.59 Å². The molecule has 0 saturated heterocycles. The quantitative estimate of drug-likeness (QED) is 0.483. The molecule has 0 aromatic heterocycles. The summed E-state index contributed by atoms with van der Waals surface area (Å²) in [7, 11) is 0. The highest BCUT2D eigenvalue weighted by molar-refractivity contribution is 6.22. The van der Waals surface area contributed by atoms with Gasteiger partial charge in [-0.25, -0.2) is 9.21 Å². The summed E-state index contributed by atoms with van der Waals surface area (Å²) in [5, 5.41) is 1.93. The van der Waals surface area contributed by atoms with Crippen molar-refractivity contribution in [2.24, 2.45) is 0 Å². The van der Waals surface area contributed by atoms with Gasteiger partial charge in [0.15, 0.2) is 0 Å². The fourth-order valence-corrected chi connectivity index (χ4v) is 0.461. The highest BCUT2D eigenvalue weighted by atomic mass is 35.5. The lowest BCUT2D eigenvalue weighted by molar-refractivity contribution is -0.108. The number of amides is 3. The van der Waals surface area contributed by atoms with E-state index in [0.717, 1.165) is 4.42 Å². The number of carbonyl (C=O) groups is 2. The van der Waals surface area contributed by atoms with Crippen LogP contribution in [0.1, 0.15) is 20.8 Å². The van der Waals surface area contributed by atoms with E-state index in [9.17, 15) is 9.59 Å². The van der Waals surface area contributed by atoms with Gasteiger partial charge in [-0.2, -0.15) is 0 Å². The summed E-state index contributed by atoms with van der Waals surface area (Å²) in [5.41, 5.74) is -0.491. The highest BCUT2D eigenvalue weighted by Crippen LogP contribution is 2.15. The number of urea groups is 1. The summed E-state index contributed by atoms with van der Waals surface area (Å²) < 4.78 is 0.932. The minimum absolute atomic E-state index is 0.295. The van der Waals surface area contributed by atoms with E-state index in [-0.39, 0.29) is 0 Å². The smallest absolute Gasteiger partial charge is 0.280 e. The minimum atomic E-state index is -0.617. The third kappa shape index (κ3) is 3.23. The van der Waals surface area contributed by atoms with Crippen molar-refractivity contribution in [3.63, 3.8) is 0 Å². The van der Waals surface area contributed by atoms with Crippen LogP contribution in [0.5, 0.6) is 0 Å². The number of nitrogens with one attached hydrogen (secondary N) is 1. The molecule has 1 N–H and O–H groups in total. The van der Waals surface area contributed by atoms with E-state index < -0.39 is 11.6 Å². The van der Waals surface area contributed by atoms with Crippen LogP contribution in [0.3, 0.4) is 0 Å². The molecule has 0 rings (SSSR count). The molecule has 64 valence electrons. The second-order valence-corrected chi connectivity index (χ2v) is 3.36. The van der Waals surface area contributed by atoms with Gasteiger partial charge in [-0.15, -0.1) is 0 Å². The van der Waals surface area contributed by atoms with Crippen molar-refractivity contribution in [3.05, 3.63) is 0 Å². The van der Waals surface area contributed by atoms with Crippen molar-refractivity contribution in [3.8, 4) is 0 Å². The van der Waals surface area contributed by atoms with Crippen LogP contribution in [0.15, 0.2) is 0 Å². The summed E-state index contributed by atoms with van der Waals surface area (Å²) >= 11 is 5.55. The molecular weight excluding hydrogens is 168 g/mol. The molecule has 0 aliphatic rings. The van der Waals surface area contributed by atoms with Crippen LogP contribution in [-0.4, -0.2) is 22.4 Å². The third-order valence-corrected chi connectivity index (χ3v) is 1.61. The summed E-state index contributed by atoms with van der Waals surface area (Å²) in [5.74, 6) is 0. The van der Waals surface area contributed by atoms with Gasteiger partial charge in [-0.1, -0.05) is 0 Å². The van der Waals surface area contributed by atoms with Crippen molar-refractivity contribution in [1.82, 2.24) is 9.74 Å². The average Bonchev–Trinajstić information content (AvgIpc) is 1.85. The zero-order valence-electron chi connectivity index (χ0n) is 6.72. The SMILES string of the molecule is CC(C)(C)N(Cl)C(=O)NC=O. The molecule has 0 fully saturated rings. The molecule has 0 spiro atoms. The normalized spacial score (nSPS) is 10.5. The Kier molecular flexibility index (Phi) is 3.32. The van der Waals surface area contributed by atoms with E-state index in [1.165, 1.54) is 0 Å². The van der Waals surface area contributed by atoms with Crippen LogP contribution >= 0.6 is 11.8 Å². The van der Waals surface area contributed by atoms with Crippen LogP contribution in [0.2, 0.25) is 0 Å². The Bertz CT molecular complexity index is 164. The Morgan fingerprint density at radius 3 is 2.27 bits per heavy atom. The molecule has 0 aromatic rings. The van der Waals surface area contributed by atoms with Gasteiger partial charge in [0.2, 0.25) is 6.41 Å². The average molecular weight is 179 g/mol. The van der Waals surface area contributed by atoms with Crippen molar-refractivity contribution >= 4 is 24.2 Å². The molecule has 4 nitrogen and oxygen atoms in total. The standard InChI is InChI=1S/C6H11ClN2O2/c1-6(2,3)9(7)5(11)8-4-10/h4H,1-3H3,(H,8,10,11). The van der Waals surface area contributed by atoms with Gasteiger partial charge >= 0.3 is 6.03 Å². The Hall–Kier alpha value is -0.770. The van der Waals surface area contributed by atoms with E-state index in [1.54, 1.807) is 20.8 Å². The topological polar surface area (TPSA) is 49.4 Å². The van der Waals surface area contributed by atoms with Crippen molar-refractivity contribution in [1.29, 1.82) is 0 Å². The maximum Gasteiger partial charge on any atom is 0.338 e. The molecule has 11 heavy (non-hydrogen) atoms. The largest absolute Gasteiger partial charge is 0.338 e. The van der Waals surface area contributed by atoms with Gasteiger partial charge in [0.25, 0.3) is 0 Å². The van der Waals surface area contributed by atoms with Gasteiger partial charge in [-0.3, -0.25) is 10.1 Å². The molecule has 0 aliphatic carbocycles. The fourth-order valence-electron chi connectivity index (χ4n) is 0.412. The Morgan fingerprint density at radius 2 is 2.00 bits per heavy atom. The predicted molar refractivity (Wildman–Crippen MR) is 42.0 cm³/mol. The number of nitrogens with zero attached hydrogens (tertiary/aromatic N) is 1. The van der Waals surface area contributed by atoms with E-state index in [0.29, 0.717) is 6.41 Å². The molecule has 5 heteroatoms. The predicted octanol–water partition coefficient (Wildman–Crippen LogP) is 1.11. The maximum atomic E-state index is 10.8. The second-order valence-electron chi connectivity index (χ2n) is 3.02. The molecule has 0 aliphatic heterocycles. The first kappa shape index (κ1) is 10.2. The zero-order valence-corrected chi connectivity index (χ0v) is 7.47. The number of hydrogen-bond acceptors (Lipinski definition) is 2. The van der Waals surface area contributed by atoms with Gasteiger partial charge in [-0.05, 0) is 20.8 Å². The number of halogens is 1. The number of imide groups is 1. The summed E-state index contributed by atoms with van der Waals surface area (Å²) in [6, 6.07) is -0.617. The number of hydrogen-bond donors (Lipinski definition) is 1. The molecule has 0 bridgehead atoms. The van der Waals surface area contributed by atoms with Crippen LogP contribution in [0, 0.1) is 0 Å². The molecule has 0 atom stereocenters. The first-order chi connectivity index (χ1) is 4.89. The molecule has 0 aromatic carbocycles. The van der Waals surface area contributed by atoms with E-state index in [2.05, 4.69) is 0 Å². The zero-order chi connectivity index (χ0) is 9.07. The lowest BCUT2D eigenvalue weighted by Gasteiger charge is -2.27. The van der Waals surface area contributed by atoms with E-state index >= 15 is 0 Å². The molecule has 0 radical (unpaired) electrons. The van der Waals surface area contributed by atoms with E-state index in [4.69, 9.17) is 11.8 Å². The highest BCUT2D eigenvalue weighted by Gasteiger charge is 2.24. The first-order valence-electron chi connectivity index (χ1n) is 3.09. The maximum absolute atomic E-state index is 10.8. The Morgan fingerprint density at radius 1 is 1.55 bits per heavy atom. The van der Waals surface area contributed by atoms with Gasteiger partial charge < -0.3 is 0 Å². The van der Waals surface area contributed by atoms with Gasteiger partial charge in [0.1, 0.15) is 0 Å². The van der Waals surface area contributed by atoms with Crippen molar-refractivity contribution in [2.75, 3.05) is 0 Å². The van der Waals surface area contributed by atoms with E-state index in [1.807, 2.05) is 5.32 Å². The lowest BCUT2D eigenvalue weighted by Crippen LogP contribution is -2.43. The second kappa shape index (κ2) is 3.57. The summed E-state index contributed by atoms with van der Waals surface area (Å²) in [6.07, 6.45) is 0.295. The number of carbonyl (C=O) groups excluding carboxylic acids is 2.